The molecule has 29 heavy (non-hydrogen) atoms. The van der Waals surface area contributed by atoms with E-state index >= 15 is 0 Å². The third kappa shape index (κ3) is 4.50. The van der Waals surface area contributed by atoms with E-state index in [4.69, 9.17) is 0 Å². The van der Waals surface area contributed by atoms with Gasteiger partial charge in [0.2, 0.25) is 5.91 Å². The normalized spacial score (nSPS) is 11.7. The van der Waals surface area contributed by atoms with Crippen LogP contribution in [0.5, 0.6) is 0 Å². The van der Waals surface area contributed by atoms with Crippen molar-refractivity contribution in [2.75, 3.05) is 18.9 Å². The topological polar surface area (TPSA) is 84.3 Å². The van der Waals surface area contributed by atoms with Crippen molar-refractivity contribution in [3.05, 3.63) is 53.0 Å². The average molecular weight is 451 g/mol. The summed E-state index contributed by atoms with van der Waals surface area (Å²) in [5.41, 5.74) is 3.95. The lowest BCUT2D eigenvalue weighted by atomic mass is 10.2. The van der Waals surface area contributed by atoms with Crippen molar-refractivity contribution in [1.82, 2.24) is 13.9 Å². The molecule has 3 rings (SSSR count). The highest BCUT2D eigenvalue weighted by molar-refractivity contribution is 7.91. The van der Waals surface area contributed by atoms with E-state index in [0.29, 0.717) is 5.13 Å². The summed E-state index contributed by atoms with van der Waals surface area (Å²) in [7, 11) is -2.29. The van der Waals surface area contributed by atoms with Crippen LogP contribution in [-0.4, -0.2) is 41.8 Å². The van der Waals surface area contributed by atoms with Crippen LogP contribution in [-0.2, 0) is 21.4 Å². The molecule has 3 aromatic rings. The maximum absolute atomic E-state index is 12.4. The highest BCUT2D eigenvalue weighted by Gasteiger charge is 2.24. The first-order valence-corrected chi connectivity index (χ1v) is 12.0. The molecular formula is C19H22N4O3S3. The van der Waals surface area contributed by atoms with Gasteiger partial charge in [-0.15, -0.1) is 29.3 Å². The van der Waals surface area contributed by atoms with Crippen LogP contribution in [0.2, 0.25) is 0 Å². The Hall–Kier alpha value is -2.27. The van der Waals surface area contributed by atoms with E-state index in [1.54, 1.807) is 11.4 Å². The molecule has 0 spiro atoms. The van der Waals surface area contributed by atoms with Crippen molar-refractivity contribution in [2.24, 2.45) is 0 Å². The molecule has 0 aliphatic carbocycles. The van der Waals surface area contributed by atoms with Gasteiger partial charge in [-0.3, -0.25) is 4.79 Å². The Morgan fingerprint density at radius 2 is 2.14 bits per heavy atom. The predicted molar refractivity (Wildman–Crippen MR) is 118 cm³/mol. The maximum atomic E-state index is 12.4. The van der Waals surface area contributed by atoms with Crippen LogP contribution in [0.15, 0.2) is 45.8 Å². The van der Waals surface area contributed by atoms with Crippen LogP contribution in [0.1, 0.15) is 11.4 Å². The molecule has 0 aliphatic rings. The van der Waals surface area contributed by atoms with Gasteiger partial charge in [-0.2, -0.15) is 4.31 Å². The van der Waals surface area contributed by atoms with Gasteiger partial charge in [0.15, 0.2) is 5.13 Å². The van der Waals surface area contributed by atoms with Crippen LogP contribution in [0.3, 0.4) is 0 Å². The zero-order valence-corrected chi connectivity index (χ0v) is 18.8. The van der Waals surface area contributed by atoms with E-state index < -0.39 is 15.9 Å². The largest absolute Gasteiger partial charge is 0.345 e. The number of amides is 1. The predicted octanol–water partition coefficient (Wildman–Crippen LogP) is 3.74. The van der Waals surface area contributed by atoms with Gasteiger partial charge in [-0.25, -0.2) is 13.4 Å². The molecule has 0 saturated heterocycles. The summed E-state index contributed by atoms with van der Waals surface area (Å²) in [5.74, 6) is -0.439. The molecule has 0 aliphatic heterocycles. The van der Waals surface area contributed by atoms with Gasteiger partial charge in [0, 0.05) is 35.9 Å². The summed E-state index contributed by atoms with van der Waals surface area (Å²) in [4.78, 5) is 16.8. The number of aromatic nitrogens is 2. The van der Waals surface area contributed by atoms with Gasteiger partial charge in [0.05, 0.1) is 12.2 Å². The molecule has 10 heteroatoms. The fourth-order valence-electron chi connectivity index (χ4n) is 2.94. The number of anilines is 1. The van der Waals surface area contributed by atoms with E-state index in [2.05, 4.69) is 27.5 Å². The lowest BCUT2D eigenvalue weighted by Gasteiger charge is -2.15. The van der Waals surface area contributed by atoms with Crippen LogP contribution >= 0.6 is 22.7 Å². The summed E-state index contributed by atoms with van der Waals surface area (Å²) >= 11 is 2.42. The summed E-state index contributed by atoms with van der Waals surface area (Å²) < 4.78 is 28.2. The zero-order chi connectivity index (χ0) is 21.2. The minimum atomic E-state index is -3.67. The first-order valence-electron chi connectivity index (χ1n) is 8.77. The molecule has 0 radical (unpaired) electrons. The van der Waals surface area contributed by atoms with Crippen LogP contribution in [0, 0.1) is 13.8 Å². The van der Waals surface area contributed by atoms with Crippen LogP contribution in [0.25, 0.3) is 11.3 Å². The third-order valence-corrected chi connectivity index (χ3v) is 8.37. The third-order valence-electron chi connectivity index (χ3n) is 4.44. The highest BCUT2D eigenvalue weighted by atomic mass is 32.2. The molecule has 1 amide bonds. The van der Waals surface area contributed by atoms with Crippen molar-refractivity contribution < 1.29 is 13.2 Å². The fourth-order valence-corrected chi connectivity index (χ4v) is 5.99. The number of hydrogen-bond acceptors (Lipinski definition) is 6. The quantitative estimate of drug-likeness (QED) is 0.530. The van der Waals surface area contributed by atoms with E-state index in [-0.39, 0.29) is 10.8 Å². The standard InChI is InChI=1S/C19H22N4O3S3/c1-5-8-23-13(2)10-15(14(23)3)16-12-28-19(20-16)21-17(24)11-22(4)29(25,26)18-7-6-9-27-18/h5-7,9-10,12H,1,8,11H2,2-4H3,(H,20,21,24). The summed E-state index contributed by atoms with van der Waals surface area (Å²) in [6.45, 7) is 8.26. The summed E-state index contributed by atoms with van der Waals surface area (Å²) in [6, 6.07) is 5.24. The Morgan fingerprint density at radius 3 is 2.79 bits per heavy atom. The van der Waals surface area contributed by atoms with Crippen molar-refractivity contribution in [2.45, 2.75) is 24.6 Å². The van der Waals surface area contributed by atoms with E-state index in [0.717, 1.165) is 44.8 Å². The molecule has 154 valence electrons. The molecule has 0 unspecified atom stereocenters. The van der Waals surface area contributed by atoms with Crippen molar-refractivity contribution in [1.29, 1.82) is 0 Å². The van der Waals surface area contributed by atoms with E-state index in [1.807, 2.05) is 25.3 Å². The first-order chi connectivity index (χ1) is 13.7. The number of nitrogens with zero attached hydrogens (tertiary/aromatic N) is 3. The second-order valence-electron chi connectivity index (χ2n) is 6.46. The molecule has 3 heterocycles. The molecule has 0 bridgehead atoms. The summed E-state index contributed by atoms with van der Waals surface area (Å²) in [6.07, 6.45) is 1.84. The highest BCUT2D eigenvalue weighted by Crippen LogP contribution is 2.30. The van der Waals surface area contributed by atoms with Gasteiger partial charge >= 0.3 is 0 Å². The van der Waals surface area contributed by atoms with E-state index in [9.17, 15) is 13.2 Å². The molecule has 3 aromatic heterocycles. The van der Waals surface area contributed by atoms with Gasteiger partial charge in [0.25, 0.3) is 10.0 Å². The lowest BCUT2D eigenvalue weighted by molar-refractivity contribution is -0.116. The molecule has 7 nitrogen and oxygen atoms in total. The number of allylic oxidation sites excluding steroid dienone is 1. The molecule has 0 aromatic carbocycles. The number of sulfonamides is 1. The minimum absolute atomic E-state index is 0.208. The van der Waals surface area contributed by atoms with Crippen LogP contribution < -0.4 is 5.32 Å². The second kappa shape index (κ2) is 8.62. The van der Waals surface area contributed by atoms with Gasteiger partial charge in [0.1, 0.15) is 4.21 Å². The zero-order valence-electron chi connectivity index (χ0n) is 16.4. The van der Waals surface area contributed by atoms with Gasteiger partial charge in [-0.1, -0.05) is 12.1 Å². The van der Waals surface area contributed by atoms with Crippen molar-refractivity contribution in [3.63, 3.8) is 0 Å². The van der Waals surface area contributed by atoms with Gasteiger partial charge < -0.3 is 9.88 Å². The smallest absolute Gasteiger partial charge is 0.252 e. The summed E-state index contributed by atoms with van der Waals surface area (Å²) in [5, 5.41) is 6.68. The SMILES string of the molecule is C=CCn1c(C)cc(-c2csc(NC(=O)CN(C)S(=O)(=O)c3cccs3)n2)c1C. The fraction of sp³-hybridized carbons (Fsp3) is 0.263. The van der Waals surface area contributed by atoms with E-state index in [1.165, 1.54) is 24.5 Å². The minimum Gasteiger partial charge on any atom is -0.345 e. The van der Waals surface area contributed by atoms with Crippen molar-refractivity contribution >= 4 is 43.7 Å². The number of carbonyl (C=O) groups is 1. The number of carbonyl (C=O) groups excluding carboxylic acids is 1. The number of likely N-dealkylation sites (N-methyl/N-ethyl adjacent to an activating group) is 1. The Bertz CT molecular complexity index is 1130. The molecular weight excluding hydrogens is 428 g/mol. The number of nitrogens with one attached hydrogen (secondary N) is 1. The first kappa shape index (κ1) is 21.4. The number of aryl methyl sites for hydroxylation is 1. The molecule has 0 saturated carbocycles. The number of thiophene rings is 1. The van der Waals surface area contributed by atoms with Crippen molar-refractivity contribution in [3.8, 4) is 11.3 Å². The Kier molecular flexibility index (Phi) is 6.37. The second-order valence-corrected chi connectivity index (χ2v) is 10.5. The number of thiazole rings is 1. The molecule has 0 fully saturated rings. The Labute approximate surface area is 178 Å². The molecule has 1 N–H and O–H groups in total. The average Bonchev–Trinajstić information content (AvgIpc) is 3.39. The Balaban J connectivity index is 1.70. The number of hydrogen-bond donors (Lipinski definition) is 1. The monoisotopic (exact) mass is 450 g/mol. The lowest BCUT2D eigenvalue weighted by Crippen LogP contribution is -2.34. The molecule has 0 atom stereocenters. The Morgan fingerprint density at radius 1 is 1.38 bits per heavy atom. The maximum Gasteiger partial charge on any atom is 0.252 e. The number of rotatable bonds is 8. The van der Waals surface area contributed by atoms with Crippen LogP contribution in [0.4, 0.5) is 5.13 Å². The van der Waals surface area contributed by atoms with Gasteiger partial charge in [-0.05, 0) is 31.4 Å².